The maximum absolute atomic E-state index is 14.2. The van der Waals surface area contributed by atoms with Gasteiger partial charge in [-0.2, -0.15) is 0 Å². The molecular formula is C52H66N8O6. The van der Waals surface area contributed by atoms with Crippen LogP contribution in [0.15, 0.2) is 103 Å². The Hall–Kier alpha value is -6.06. The molecule has 2 aromatic heterocycles. The van der Waals surface area contributed by atoms with Crippen molar-refractivity contribution in [2.45, 2.75) is 63.2 Å². The number of H-pyrrole nitrogens is 2. The van der Waals surface area contributed by atoms with Gasteiger partial charge in [-0.15, -0.1) is 0 Å². The van der Waals surface area contributed by atoms with Crippen molar-refractivity contribution in [2.75, 3.05) is 81.9 Å². The zero-order valence-electron chi connectivity index (χ0n) is 39.5. The standard InChI is InChI=1S/C52H66N8O6/c1-8-9-10-14-19-45(57(2)3)51(61)59-28-15-20-43(59)49-53-34-41(55-49)37-24-22-36(23-25-37)39-26-27-40(48(66-33-31-64-7)47(39)65-32-30-63-6)42-35-54-50(56-42)44-21-16-29-60(44)52(62)46(58(4)5)38-17-12-11-13-18-38/h8-14,17-18,22-27,34-35,43-46H,15-16,19-21,28-33H2,1-7H3,(H,53,55)(H,54,56). The number of aromatic nitrogens is 4. The summed E-state index contributed by atoms with van der Waals surface area (Å²) in [7, 11) is 11.1. The van der Waals surface area contributed by atoms with Crippen LogP contribution in [0, 0.1) is 0 Å². The third kappa shape index (κ3) is 11.0. The highest BCUT2D eigenvalue weighted by atomic mass is 16.5. The Morgan fingerprint density at radius 1 is 0.697 bits per heavy atom. The number of likely N-dealkylation sites (tertiary alicyclic amines) is 2. The second kappa shape index (κ2) is 22.9. The number of rotatable bonds is 21. The molecule has 3 aromatic carbocycles. The van der Waals surface area contributed by atoms with Crippen LogP contribution in [0.4, 0.5) is 0 Å². The van der Waals surface area contributed by atoms with E-state index in [9.17, 15) is 9.59 Å². The summed E-state index contributed by atoms with van der Waals surface area (Å²) in [5.74, 6) is 2.82. The number of nitrogens with one attached hydrogen (secondary N) is 2. The highest BCUT2D eigenvalue weighted by molar-refractivity contribution is 5.85. The van der Waals surface area contributed by atoms with Crippen LogP contribution >= 0.6 is 0 Å². The van der Waals surface area contributed by atoms with E-state index in [4.69, 9.17) is 28.9 Å². The lowest BCUT2D eigenvalue weighted by Crippen LogP contribution is -2.45. The average molecular weight is 899 g/mol. The summed E-state index contributed by atoms with van der Waals surface area (Å²) >= 11 is 0. The lowest BCUT2D eigenvalue weighted by Gasteiger charge is -2.31. The minimum atomic E-state index is -0.407. The number of allylic oxidation sites excluding steroid dienone is 3. The first-order chi connectivity index (χ1) is 32.1. The van der Waals surface area contributed by atoms with Gasteiger partial charge < -0.3 is 38.7 Å². The molecule has 2 amide bonds. The highest BCUT2D eigenvalue weighted by Gasteiger charge is 2.38. The van der Waals surface area contributed by atoms with Crippen molar-refractivity contribution in [3.63, 3.8) is 0 Å². The molecule has 4 unspecified atom stereocenters. The lowest BCUT2D eigenvalue weighted by atomic mass is 9.98. The summed E-state index contributed by atoms with van der Waals surface area (Å²) < 4.78 is 23.9. The SMILES string of the molecule is CC=CC=CCC(C(=O)N1CCCC1c1ncc(-c2ccc(-c3ccc(-c4cnc(C5CCCN5C(=O)C(c5ccccc5)N(C)C)[nH]4)c(OCCOC)c3OCCOC)cc2)[nH]1)N(C)C. The molecule has 0 saturated carbocycles. The van der Waals surface area contributed by atoms with Gasteiger partial charge in [-0.3, -0.25) is 19.4 Å². The van der Waals surface area contributed by atoms with E-state index in [1.165, 1.54) is 0 Å². The Labute approximate surface area is 389 Å². The fraction of sp³-hybridized carbons (Fsp3) is 0.423. The molecule has 14 heteroatoms. The molecular weight excluding hydrogens is 833 g/mol. The van der Waals surface area contributed by atoms with E-state index in [0.29, 0.717) is 57.4 Å². The number of amides is 2. The second-order valence-electron chi connectivity index (χ2n) is 17.3. The van der Waals surface area contributed by atoms with Gasteiger partial charge in [-0.25, -0.2) is 9.97 Å². The zero-order chi connectivity index (χ0) is 46.6. The summed E-state index contributed by atoms with van der Waals surface area (Å²) in [6.45, 7) is 4.69. The molecule has 0 aliphatic carbocycles. The van der Waals surface area contributed by atoms with Crippen LogP contribution in [0.1, 0.15) is 74.4 Å². The first kappa shape index (κ1) is 47.9. The number of carbonyl (C=O) groups excluding carboxylic acids is 2. The Morgan fingerprint density at radius 2 is 1.26 bits per heavy atom. The molecule has 2 saturated heterocycles. The van der Waals surface area contributed by atoms with Gasteiger partial charge in [0.1, 0.15) is 30.9 Å². The molecule has 2 N–H and O–H groups in total. The summed E-state index contributed by atoms with van der Waals surface area (Å²) in [6.07, 6.45) is 15.8. The highest BCUT2D eigenvalue weighted by Crippen LogP contribution is 2.46. The smallest absolute Gasteiger partial charge is 0.245 e. The molecule has 4 atom stereocenters. The minimum Gasteiger partial charge on any atom is -0.487 e. The summed E-state index contributed by atoms with van der Waals surface area (Å²) in [5, 5.41) is 0. The first-order valence-electron chi connectivity index (χ1n) is 23.0. The lowest BCUT2D eigenvalue weighted by molar-refractivity contribution is -0.138. The number of nitrogens with zero attached hydrogens (tertiary/aromatic N) is 6. The monoisotopic (exact) mass is 899 g/mol. The molecule has 350 valence electrons. The molecule has 7 rings (SSSR count). The number of methoxy groups -OCH3 is 2. The molecule has 0 radical (unpaired) electrons. The van der Waals surface area contributed by atoms with E-state index in [1.54, 1.807) is 14.2 Å². The van der Waals surface area contributed by atoms with Crippen molar-refractivity contribution < 1.29 is 28.5 Å². The maximum Gasteiger partial charge on any atom is 0.245 e. The molecule has 66 heavy (non-hydrogen) atoms. The third-order valence-electron chi connectivity index (χ3n) is 12.4. The quantitative estimate of drug-likeness (QED) is 0.0547. The summed E-state index contributed by atoms with van der Waals surface area (Å²) in [6, 6.07) is 21.3. The number of hydrogen-bond donors (Lipinski definition) is 2. The fourth-order valence-corrected chi connectivity index (χ4v) is 9.07. The molecule has 2 fully saturated rings. The number of carbonyl (C=O) groups is 2. The van der Waals surface area contributed by atoms with Gasteiger partial charge in [-0.1, -0.05) is 78.9 Å². The van der Waals surface area contributed by atoms with E-state index in [1.807, 2.05) is 128 Å². The number of hydrogen-bond acceptors (Lipinski definition) is 10. The fourth-order valence-electron chi connectivity index (χ4n) is 9.07. The van der Waals surface area contributed by atoms with Crippen molar-refractivity contribution in [3.8, 4) is 45.1 Å². The third-order valence-corrected chi connectivity index (χ3v) is 12.4. The predicted octanol–water partition coefficient (Wildman–Crippen LogP) is 8.27. The second-order valence-corrected chi connectivity index (χ2v) is 17.3. The first-order valence-corrected chi connectivity index (χ1v) is 23.0. The van der Waals surface area contributed by atoms with Gasteiger partial charge in [0, 0.05) is 38.4 Å². The van der Waals surface area contributed by atoms with Crippen LogP contribution in [0.5, 0.6) is 11.5 Å². The molecule has 14 nitrogen and oxygen atoms in total. The Kier molecular flexibility index (Phi) is 16.6. The van der Waals surface area contributed by atoms with Gasteiger partial charge in [0.05, 0.1) is 55.1 Å². The van der Waals surface area contributed by atoms with Crippen LogP contribution in [-0.2, 0) is 19.1 Å². The largest absolute Gasteiger partial charge is 0.487 e. The van der Waals surface area contributed by atoms with Crippen LogP contribution in [0.2, 0.25) is 0 Å². The van der Waals surface area contributed by atoms with E-state index >= 15 is 0 Å². The van der Waals surface area contributed by atoms with Gasteiger partial charge in [0.15, 0.2) is 11.5 Å². The number of likely N-dealkylation sites (N-methyl/N-ethyl adjacent to an activating group) is 2. The molecule has 2 aliphatic heterocycles. The molecule has 2 aliphatic rings. The minimum absolute atomic E-state index is 0.0536. The molecule has 0 spiro atoms. The van der Waals surface area contributed by atoms with Crippen molar-refractivity contribution in [2.24, 2.45) is 0 Å². The van der Waals surface area contributed by atoms with E-state index in [-0.39, 0.29) is 29.9 Å². The van der Waals surface area contributed by atoms with Gasteiger partial charge >= 0.3 is 0 Å². The van der Waals surface area contributed by atoms with E-state index in [0.717, 1.165) is 76.5 Å². The number of benzene rings is 3. The van der Waals surface area contributed by atoms with Crippen LogP contribution < -0.4 is 9.47 Å². The summed E-state index contributed by atoms with van der Waals surface area (Å²) in [5.41, 5.74) is 6.10. The van der Waals surface area contributed by atoms with Crippen LogP contribution in [0.25, 0.3) is 33.6 Å². The Balaban J connectivity index is 1.15. The van der Waals surface area contributed by atoms with Crippen molar-refractivity contribution in [1.29, 1.82) is 0 Å². The van der Waals surface area contributed by atoms with Crippen molar-refractivity contribution >= 4 is 11.8 Å². The van der Waals surface area contributed by atoms with Crippen molar-refractivity contribution in [3.05, 3.63) is 121 Å². The number of ether oxygens (including phenoxy) is 4. The van der Waals surface area contributed by atoms with Gasteiger partial charge in [0.2, 0.25) is 11.8 Å². The molecule has 5 aromatic rings. The van der Waals surface area contributed by atoms with Gasteiger partial charge in [-0.05, 0) is 96.0 Å². The van der Waals surface area contributed by atoms with E-state index in [2.05, 4.69) is 40.3 Å². The topological polar surface area (TPSA) is 141 Å². The molecule has 4 heterocycles. The van der Waals surface area contributed by atoms with Gasteiger partial charge in [0.25, 0.3) is 0 Å². The average Bonchev–Trinajstić information content (AvgIpc) is 4.17. The predicted molar refractivity (Wildman–Crippen MR) is 258 cm³/mol. The Bertz CT molecular complexity index is 2410. The normalized spacial score (nSPS) is 17.5. The number of aromatic amines is 2. The summed E-state index contributed by atoms with van der Waals surface area (Å²) in [4.78, 5) is 52.9. The maximum atomic E-state index is 14.2. The Morgan fingerprint density at radius 3 is 1.85 bits per heavy atom. The van der Waals surface area contributed by atoms with E-state index < -0.39 is 6.04 Å². The number of imidazole rings is 2. The van der Waals surface area contributed by atoms with Crippen LogP contribution in [0.3, 0.4) is 0 Å². The zero-order valence-corrected chi connectivity index (χ0v) is 39.5. The van der Waals surface area contributed by atoms with Crippen molar-refractivity contribution in [1.82, 2.24) is 39.5 Å². The van der Waals surface area contributed by atoms with Crippen LogP contribution in [-0.4, -0.2) is 139 Å². The molecule has 0 bridgehead atoms.